The van der Waals surface area contributed by atoms with E-state index in [9.17, 15) is 9.18 Å². The number of methoxy groups -OCH3 is 1. The van der Waals surface area contributed by atoms with Crippen molar-refractivity contribution in [2.75, 3.05) is 33.9 Å². The zero-order chi connectivity index (χ0) is 22.9. The lowest BCUT2D eigenvalue weighted by Gasteiger charge is -2.28. The van der Waals surface area contributed by atoms with Gasteiger partial charge in [-0.25, -0.2) is 14.1 Å². The van der Waals surface area contributed by atoms with Gasteiger partial charge in [-0.05, 0) is 18.8 Å². The Bertz CT molecular complexity index is 1170. The Morgan fingerprint density at radius 1 is 1.27 bits per heavy atom. The maximum atomic E-state index is 14.4. The number of likely N-dealkylation sites (tertiary alicyclic amines) is 1. The average Bonchev–Trinajstić information content (AvgIpc) is 3.33. The van der Waals surface area contributed by atoms with E-state index in [0.717, 1.165) is 35.5 Å². The van der Waals surface area contributed by atoms with E-state index in [1.807, 2.05) is 24.1 Å². The maximum absolute atomic E-state index is 14.4. The van der Waals surface area contributed by atoms with Gasteiger partial charge in [-0.15, -0.1) is 0 Å². The monoisotopic (exact) mass is 454 g/mol. The average molecular weight is 455 g/mol. The highest BCUT2D eigenvalue weighted by Crippen LogP contribution is 2.31. The summed E-state index contributed by atoms with van der Waals surface area (Å²) in [6.07, 6.45) is 8.24. The van der Waals surface area contributed by atoms with Crippen LogP contribution in [0.15, 0.2) is 24.7 Å². The SMILES string of the molecule is COc1ncc(-n2nc(-c3cnn(CC4CCN(C)C(=O)C4)c3)c3c2CCOCC3)cc1F. The molecule has 5 heterocycles. The van der Waals surface area contributed by atoms with Crippen LogP contribution in [0.4, 0.5) is 4.39 Å². The van der Waals surface area contributed by atoms with Crippen LogP contribution in [0.3, 0.4) is 0 Å². The van der Waals surface area contributed by atoms with Crippen molar-refractivity contribution in [3.8, 4) is 22.8 Å². The molecule has 0 aromatic carbocycles. The normalized spacial score (nSPS) is 18.8. The van der Waals surface area contributed by atoms with Crippen LogP contribution < -0.4 is 4.74 Å². The molecule has 0 aliphatic carbocycles. The smallest absolute Gasteiger partial charge is 0.250 e. The van der Waals surface area contributed by atoms with Crippen LogP contribution in [-0.2, 0) is 28.9 Å². The summed E-state index contributed by atoms with van der Waals surface area (Å²) in [6, 6.07) is 1.38. The molecule has 1 fully saturated rings. The minimum absolute atomic E-state index is 0.0470. The molecule has 2 aliphatic rings. The molecule has 1 atom stereocenters. The van der Waals surface area contributed by atoms with E-state index in [4.69, 9.17) is 14.6 Å². The molecule has 10 heteroatoms. The Balaban J connectivity index is 1.46. The Labute approximate surface area is 191 Å². The van der Waals surface area contributed by atoms with Crippen LogP contribution in [0.1, 0.15) is 24.1 Å². The van der Waals surface area contributed by atoms with E-state index in [1.54, 1.807) is 15.8 Å². The second-order valence-corrected chi connectivity index (χ2v) is 8.61. The second kappa shape index (κ2) is 8.93. The molecule has 0 radical (unpaired) electrons. The van der Waals surface area contributed by atoms with E-state index >= 15 is 0 Å². The number of rotatable bonds is 5. The number of carbonyl (C=O) groups is 1. The lowest BCUT2D eigenvalue weighted by atomic mass is 9.96. The molecule has 33 heavy (non-hydrogen) atoms. The number of ether oxygens (including phenoxy) is 2. The predicted octanol–water partition coefficient (Wildman–Crippen LogP) is 2.26. The summed E-state index contributed by atoms with van der Waals surface area (Å²) in [5.74, 6) is -0.124. The summed E-state index contributed by atoms with van der Waals surface area (Å²) in [4.78, 5) is 17.9. The third kappa shape index (κ3) is 4.22. The molecule has 0 saturated carbocycles. The Hall–Kier alpha value is -3.27. The molecule has 1 amide bonds. The number of nitrogens with zero attached hydrogens (tertiary/aromatic N) is 6. The third-order valence-electron chi connectivity index (χ3n) is 6.41. The quantitative estimate of drug-likeness (QED) is 0.588. The standard InChI is InChI=1S/C23H27FN6O3/c1-28-6-3-15(9-21(28)31)13-29-14-16(11-26-29)22-18-4-7-33-8-5-20(18)30(27-22)17-10-19(24)23(32-2)25-12-17/h10-12,14-15H,3-9,13H2,1-2H3. The first kappa shape index (κ1) is 21.6. The molecule has 3 aromatic rings. The van der Waals surface area contributed by atoms with Crippen molar-refractivity contribution in [1.29, 1.82) is 0 Å². The number of pyridine rings is 1. The summed E-state index contributed by atoms with van der Waals surface area (Å²) < 4.78 is 28.7. The van der Waals surface area contributed by atoms with E-state index < -0.39 is 5.82 Å². The first-order valence-electron chi connectivity index (χ1n) is 11.2. The summed E-state index contributed by atoms with van der Waals surface area (Å²) in [5, 5.41) is 9.40. The van der Waals surface area contributed by atoms with Crippen molar-refractivity contribution in [3.05, 3.63) is 41.7 Å². The number of fused-ring (bicyclic) bond motifs is 1. The van der Waals surface area contributed by atoms with Gasteiger partial charge in [0.05, 0.1) is 49.8 Å². The van der Waals surface area contributed by atoms with E-state index in [0.29, 0.717) is 44.7 Å². The number of hydrogen-bond donors (Lipinski definition) is 0. The Kier molecular flexibility index (Phi) is 5.84. The van der Waals surface area contributed by atoms with E-state index in [-0.39, 0.29) is 17.7 Å². The van der Waals surface area contributed by atoms with Crippen LogP contribution in [0.2, 0.25) is 0 Å². The zero-order valence-electron chi connectivity index (χ0n) is 18.8. The van der Waals surface area contributed by atoms with Gasteiger partial charge in [0, 0.05) is 56.4 Å². The highest BCUT2D eigenvalue weighted by Gasteiger charge is 2.26. The van der Waals surface area contributed by atoms with Gasteiger partial charge in [-0.3, -0.25) is 9.48 Å². The fourth-order valence-electron chi connectivity index (χ4n) is 4.59. The molecule has 1 unspecified atom stereocenters. The molecule has 3 aromatic heterocycles. The predicted molar refractivity (Wildman–Crippen MR) is 118 cm³/mol. The van der Waals surface area contributed by atoms with Crippen molar-refractivity contribution in [2.45, 2.75) is 32.2 Å². The summed E-state index contributed by atoms with van der Waals surface area (Å²) in [5.41, 5.74) is 4.32. The topological polar surface area (TPSA) is 87.3 Å². The number of piperidine rings is 1. The molecule has 5 rings (SSSR count). The molecule has 2 aliphatic heterocycles. The lowest BCUT2D eigenvalue weighted by molar-refractivity contribution is -0.133. The van der Waals surface area contributed by atoms with Crippen LogP contribution in [0, 0.1) is 11.7 Å². The lowest BCUT2D eigenvalue weighted by Crippen LogP contribution is -2.36. The molecule has 0 spiro atoms. The molecular weight excluding hydrogens is 427 g/mol. The van der Waals surface area contributed by atoms with Crippen molar-refractivity contribution in [3.63, 3.8) is 0 Å². The van der Waals surface area contributed by atoms with Gasteiger partial charge in [-0.1, -0.05) is 0 Å². The zero-order valence-corrected chi connectivity index (χ0v) is 18.8. The van der Waals surface area contributed by atoms with Gasteiger partial charge in [-0.2, -0.15) is 10.2 Å². The Morgan fingerprint density at radius 3 is 2.91 bits per heavy atom. The summed E-state index contributed by atoms with van der Waals surface area (Å²) >= 11 is 0. The van der Waals surface area contributed by atoms with Crippen molar-refractivity contribution >= 4 is 5.91 Å². The highest BCUT2D eigenvalue weighted by molar-refractivity contribution is 5.76. The van der Waals surface area contributed by atoms with Gasteiger partial charge in [0.25, 0.3) is 0 Å². The van der Waals surface area contributed by atoms with Crippen LogP contribution in [0.5, 0.6) is 5.88 Å². The second-order valence-electron chi connectivity index (χ2n) is 8.61. The number of amides is 1. The number of aromatic nitrogens is 5. The van der Waals surface area contributed by atoms with Crippen LogP contribution in [-0.4, -0.2) is 69.3 Å². The van der Waals surface area contributed by atoms with E-state index in [1.165, 1.54) is 13.2 Å². The van der Waals surface area contributed by atoms with Gasteiger partial charge in [0.2, 0.25) is 11.8 Å². The first-order chi connectivity index (χ1) is 16.0. The first-order valence-corrected chi connectivity index (χ1v) is 11.2. The van der Waals surface area contributed by atoms with Gasteiger partial charge < -0.3 is 14.4 Å². The number of carbonyl (C=O) groups excluding carboxylic acids is 1. The minimum Gasteiger partial charge on any atom is -0.479 e. The number of hydrogen-bond acceptors (Lipinski definition) is 6. The summed E-state index contributed by atoms with van der Waals surface area (Å²) in [6.45, 7) is 2.65. The number of halogens is 1. The van der Waals surface area contributed by atoms with Crippen LogP contribution in [0.25, 0.3) is 16.9 Å². The van der Waals surface area contributed by atoms with Gasteiger partial charge >= 0.3 is 0 Å². The largest absolute Gasteiger partial charge is 0.479 e. The molecule has 0 bridgehead atoms. The molecule has 0 N–H and O–H groups in total. The van der Waals surface area contributed by atoms with Crippen LogP contribution >= 0.6 is 0 Å². The van der Waals surface area contributed by atoms with Crippen molar-refractivity contribution < 1.29 is 18.7 Å². The fourth-order valence-corrected chi connectivity index (χ4v) is 4.59. The minimum atomic E-state index is -0.536. The summed E-state index contributed by atoms with van der Waals surface area (Å²) in [7, 11) is 3.24. The molecular formula is C23H27FN6O3. The van der Waals surface area contributed by atoms with Gasteiger partial charge in [0.15, 0.2) is 5.82 Å². The van der Waals surface area contributed by atoms with Crippen molar-refractivity contribution in [1.82, 2.24) is 29.4 Å². The third-order valence-corrected chi connectivity index (χ3v) is 6.41. The maximum Gasteiger partial charge on any atom is 0.250 e. The molecule has 174 valence electrons. The van der Waals surface area contributed by atoms with E-state index in [2.05, 4.69) is 10.1 Å². The molecule has 9 nitrogen and oxygen atoms in total. The Morgan fingerprint density at radius 2 is 2.12 bits per heavy atom. The highest BCUT2D eigenvalue weighted by atomic mass is 19.1. The van der Waals surface area contributed by atoms with Crippen molar-refractivity contribution in [2.24, 2.45) is 5.92 Å². The van der Waals surface area contributed by atoms with Gasteiger partial charge in [0.1, 0.15) is 0 Å². The molecule has 1 saturated heterocycles. The fraction of sp³-hybridized carbons (Fsp3) is 0.478.